The predicted molar refractivity (Wildman–Crippen MR) is 83.1 cm³/mol. The van der Waals surface area contributed by atoms with Crippen molar-refractivity contribution in [2.75, 3.05) is 13.6 Å². The van der Waals surface area contributed by atoms with E-state index in [1.807, 2.05) is 6.92 Å². The second-order valence-electron chi connectivity index (χ2n) is 5.60. The number of likely N-dealkylation sites (N-methyl/N-ethyl adjacent to an activating group) is 1. The lowest BCUT2D eigenvalue weighted by Crippen LogP contribution is -2.41. The van der Waals surface area contributed by atoms with E-state index in [0.717, 1.165) is 5.56 Å². The third kappa shape index (κ3) is 3.52. The van der Waals surface area contributed by atoms with Crippen molar-refractivity contribution in [1.29, 1.82) is 0 Å². The molecule has 0 heterocycles. The normalized spacial score (nSPS) is 16.2. The zero-order valence-electron chi connectivity index (χ0n) is 12.1. The topological polar surface area (TPSA) is 52.6 Å². The highest BCUT2D eigenvalue weighted by atomic mass is 79.9. The van der Waals surface area contributed by atoms with Gasteiger partial charge in [0.2, 0.25) is 0 Å². The SMILES string of the molecule is Cc1cc(Br)c(O)c(C(=O)NCC(C)N(C)C2CC2)c1. The largest absolute Gasteiger partial charge is 0.506 e. The number of aromatic hydroxyl groups is 1. The fourth-order valence-electron chi connectivity index (χ4n) is 2.23. The van der Waals surface area contributed by atoms with Crippen LogP contribution in [0.25, 0.3) is 0 Å². The molecule has 1 aromatic rings. The molecule has 0 aromatic heterocycles. The Balaban J connectivity index is 1.98. The molecule has 1 aromatic carbocycles. The second-order valence-corrected chi connectivity index (χ2v) is 6.45. The molecule has 1 unspecified atom stereocenters. The van der Waals surface area contributed by atoms with Crippen molar-refractivity contribution >= 4 is 21.8 Å². The highest BCUT2D eigenvalue weighted by molar-refractivity contribution is 9.10. The quantitative estimate of drug-likeness (QED) is 0.866. The number of amides is 1. The van der Waals surface area contributed by atoms with E-state index in [-0.39, 0.29) is 11.7 Å². The maximum atomic E-state index is 12.2. The number of nitrogens with one attached hydrogen (secondary N) is 1. The van der Waals surface area contributed by atoms with Crippen molar-refractivity contribution in [3.05, 3.63) is 27.7 Å². The molecular weight excluding hydrogens is 320 g/mol. The lowest BCUT2D eigenvalue weighted by atomic mass is 10.1. The lowest BCUT2D eigenvalue weighted by Gasteiger charge is -2.24. The number of carbonyl (C=O) groups is 1. The summed E-state index contributed by atoms with van der Waals surface area (Å²) in [6, 6.07) is 4.45. The molecule has 0 spiro atoms. The summed E-state index contributed by atoms with van der Waals surface area (Å²) in [6.07, 6.45) is 2.50. The summed E-state index contributed by atoms with van der Waals surface area (Å²) in [5.74, 6) is -0.237. The van der Waals surface area contributed by atoms with Gasteiger partial charge in [-0.2, -0.15) is 0 Å². The molecule has 1 aliphatic rings. The van der Waals surface area contributed by atoms with Crippen molar-refractivity contribution < 1.29 is 9.90 Å². The first-order valence-electron chi connectivity index (χ1n) is 6.89. The first-order valence-corrected chi connectivity index (χ1v) is 7.68. The molecule has 5 heteroatoms. The second kappa shape index (κ2) is 6.14. The van der Waals surface area contributed by atoms with Crippen LogP contribution in [-0.2, 0) is 0 Å². The third-order valence-electron chi connectivity index (χ3n) is 3.83. The average molecular weight is 341 g/mol. The number of benzene rings is 1. The predicted octanol–water partition coefficient (Wildman–Crippen LogP) is 2.68. The number of halogens is 1. The van der Waals surface area contributed by atoms with Gasteiger partial charge in [-0.05, 0) is 67.4 Å². The maximum absolute atomic E-state index is 12.2. The summed E-state index contributed by atoms with van der Waals surface area (Å²) in [5, 5.41) is 12.8. The Morgan fingerprint density at radius 1 is 1.55 bits per heavy atom. The van der Waals surface area contributed by atoms with E-state index in [1.54, 1.807) is 12.1 Å². The van der Waals surface area contributed by atoms with Gasteiger partial charge in [0.05, 0.1) is 10.0 Å². The van der Waals surface area contributed by atoms with Crippen LogP contribution in [0, 0.1) is 6.92 Å². The van der Waals surface area contributed by atoms with Gasteiger partial charge in [0.1, 0.15) is 5.75 Å². The van der Waals surface area contributed by atoms with Gasteiger partial charge in [-0.25, -0.2) is 0 Å². The molecule has 1 amide bonds. The molecule has 0 radical (unpaired) electrons. The van der Waals surface area contributed by atoms with Crippen LogP contribution in [0.5, 0.6) is 5.75 Å². The third-order valence-corrected chi connectivity index (χ3v) is 4.43. The zero-order valence-corrected chi connectivity index (χ0v) is 13.7. The van der Waals surface area contributed by atoms with Crippen molar-refractivity contribution in [3.63, 3.8) is 0 Å². The molecule has 0 aliphatic heterocycles. The minimum Gasteiger partial charge on any atom is -0.506 e. The van der Waals surface area contributed by atoms with E-state index in [1.165, 1.54) is 12.8 Å². The summed E-state index contributed by atoms with van der Waals surface area (Å²) in [7, 11) is 2.09. The number of phenolic OH excluding ortho intramolecular Hbond substituents is 1. The van der Waals surface area contributed by atoms with Crippen LogP contribution in [0.4, 0.5) is 0 Å². The molecular formula is C15H21BrN2O2. The lowest BCUT2D eigenvalue weighted by molar-refractivity contribution is 0.0936. The summed E-state index contributed by atoms with van der Waals surface area (Å²) < 4.78 is 0.547. The number of hydrogen-bond acceptors (Lipinski definition) is 3. The van der Waals surface area contributed by atoms with Gasteiger partial charge in [0, 0.05) is 18.6 Å². The fraction of sp³-hybridized carbons (Fsp3) is 0.533. The smallest absolute Gasteiger partial charge is 0.255 e. The van der Waals surface area contributed by atoms with Gasteiger partial charge in [-0.15, -0.1) is 0 Å². The Morgan fingerprint density at radius 2 is 2.20 bits per heavy atom. The van der Waals surface area contributed by atoms with Gasteiger partial charge in [0.25, 0.3) is 5.91 Å². The van der Waals surface area contributed by atoms with Crippen LogP contribution >= 0.6 is 15.9 Å². The fourth-order valence-corrected chi connectivity index (χ4v) is 2.80. The van der Waals surface area contributed by atoms with Gasteiger partial charge < -0.3 is 10.4 Å². The van der Waals surface area contributed by atoms with Crippen LogP contribution in [0.1, 0.15) is 35.7 Å². The summed E-state index contributed by atoms with van der Waals surface area (Å²) in [5.41, 5.74) is 1.25. The van der Waals surface area contributed by atoms with Gasteiger partial charge in [-0.1, -0.05) is 0 Å². The highest BCUT2D eigenvalue weighted by Gasteiger charge is 2.29. The summed E-state index contributed by atoms with van der Waals surface area (Å²) in [6.45, 7) is 4.58. The van der Waals surface area contributed by atoms with Crippen molar-refractivity contribution in [2.45, 2.75) is 38.8 Å². The summed E-state index contributed by atoms with van der Waals surface area (Å²) in [4.78, 5) is 14.5. The van der Waals surface area contributed by atoms with Crippen LogP contribution in [0.2, 0.25) is 0 Å². The monoisotopic (exact) mass is 340 g/mol. The van der Waals surface area contributed by atoms with Crippen molar-refractivity contribution in [1.82, 2.24) is 10.2 Å². The Bertz CT molecular complexity index is 515. The van der Waals surface area contributed by atoms with Gasteiger partial charge in [0.15, 0.2) is 0 Å². The number of rotatable bonds is 5. The molecule has 1 aliphatic carbocycles. The molecule has 2 N–H and O–H groups in total. The number of hydrogen-bond donors (Lipinski definition) is 2. The van der Waals surface area contributed by atoms with Gasteiger partial charge in [-0.3, -0.25) is 9.69 Å². The highest BCUT2D eigenvalue weighted by Crippen LogP contribution is 2.29. The minimum absolute atomic E-state index is 0.00343. The Morgan fingerprint density at radius 3 is 2.80 bits per heavy atom. The molecule has 110 valence electrons. The van der Waals surface area contributed by atoms with E-state index in [4.69, 9.17) is 0 Å². The Hall–Kier alpha value is -1.07. The van der Waals surface area contributed by atoms with E-state index in [2.05, 4.69) is 40.1 Å². The maximum Gasteiger partial charge on any atom is 0.255 e. The molecule has 0 saturated heterocycles. The van der Waals surface area contributed by atoms with Crippen LogP contribution < -0.4 is 5.32 Å². The van der Waals surface area contributed by atoms with Crippen molar-refractivity contribution in [2.24, 2.45) is 0 Å². The number of phenols is 1. The standard InChI is InChI=1S/C15H21BrN2O2/c1-9-6-12(14(19)13(16)7-9)15(20)17-8-10(2)18(3)11-4-5-11/h6-7,10-11,19H,4-5,8H2,1-3H3,(H,17,20). The number of aryl methyl sites for hydroxylation is 1. The molecule has 0 bridgehead atoms. The first kappa shape index (κ1) is 15.3. The molecule has 1 fully saturated rings. The summed E-state index contributed by atoms with van der Waals surface area (Å²) >= 11 is 3.26. The van der Waals surface area contributed by atoms with E-state index < -0.39 is 0 Å². The molecule has 20 heavy (non-hydrogen) atoms. The van der Waals surface area contributed by atoms with E-state index >= 15 is 0 Å². The van der Waals surface area contributed by atoms with Gasteiger partial charge >= 0.3 is 0 Å². The molecule has 4 nitrogen and oxygen atoms in total. The zero-order chi connectivity index (χ0) is 14.9. The average Bonchev–Trinajstić information content (AvgIpc) is 3.23. The first-order chi connectivity index (χ1) is 9.40. The number of carbonyl (C=O) groups excluding carboxylic acids is 1. The Labute approximate surface area is 128 Å². The molecule has 1 saturated carbocycles. The molecule has 2 rings (SSSR count). The number of nitrogens with zero attached hydrogens (tertiary/aromatic N) is 1. The van der Waals surface area contributed by atoms with Crippen LogP contribution in [-0.4, -0.2) is 41.6 Å². The van der Waals surface area contributed by atoms with Crippen LogP contribution in [0.15, 0.2) is 16.6 Å². The Kier molecular flexibility index (Phi) is 4.70. The van der Waals surface area contributed by atoms with Crippen LogP contribution in [0.3, 0.4) is 0 Å². The van der Waals surface area contributed by atoms with Crippen molar-refractivity contribution in [3.8, 4) is 5.75 Å². The van der Waals surface area contributed by atoms with E-state index in [9.17, 15) is 9.90 Å². The van der Waals surface area contributed by atoms with E-state index in [0.29, 0.717) is 28.7 Å². The minimum atomic E-state index is -0.233. The molecule has 1 atom stereocenters.